The van der Waals surface area contributed by atoms with Crippen LogP contribution >= 0.6 is 0 Å². The van der Waals surface area contributed by atoms with E-state index in [4.69, 9.17) is 0 Å². The van der Waals surface area contributed by atoms with Crippen molar-refractivity contribution in [3.05, 3.63) is 132 Å². The summed E-state index contributed by atoms with van der Waals surface area (Å²) in [6.45, 7) is 14.5. The van der Waals surface area contributed by atoms with E-state index in [0.29, 0.717) is 5.92 Å². The predicted octanol–water partition coefficient (Wildman–Crippen LogP) is 9.85. The number of likely N-dealkylation sites (N-methyl/N-ethyl adjacent to an activating group) is 1. The van der Waals surface area contributed by atoms with E-state index in [2.05, 4.69) is 140 Å². The van der Waals surface area contributed by atoms with Gasteiger partial charge in [0.15, 0.2) is 0 Å². The molecule has 0 spiro atoms. The maximum Gasteiger partial charge on any atom is 0.0442 e. The number of hydrogen-bond donors (Lipinski definition) is 1. The highest BCUT2D eigenvalue weighted by atomic mass is 15.1. The van der Waals surface area contributed by atoms with Crippen molar-refractivity contribution in [1.29, 1.82) is 0 Å². The SMILES string of the molecule is C1=CCNC(c2ccccc2)=C1.CC.CC.CC(C)CC1=CCN(C)C(c2cccc(-c3ccccc3)c2)=C1. The maximum atomic E-state index is 3.31. The highest BCUT2D eigenvalue weighted by Crippen LogP contribution is 2.29. The first kappa shape index (κ1) is 31.4. The first-order chi connectivity index (χ1) is 19.1. The standard InChI is InChI=1S/C22H25N.C11H11N.2C2H6/c1-17(2)14-18-12-13-23(3)22(15-18)21-11-7-10-20(16-21)19-8-5-4-6-9-19;1-2-6-10(7-3-1)11-8-4-5-9-12-11;2*1-2/h4-12,15-17H,13-14H2,1-3H3;1-8,12H,9H2;2*1-2H3. The van der Waals surface area contributed by atoms with Crippen molar-refractivity contribution < 1.29 is 0 Å². The van der Waals surface area contributed by atoms with E-state index in [-0.39, 0.29) is 0 Å². The zero-order valence-corrected chi connectivity index (χ0v) is 25.1. The summed E-state index contributed by atoms with van der Waals surface area (Å²) in [5.41, 5.74) is 9.08. The molecule has 39 heavy (non-hydrogen) atoms. The molecule has 5 rings (SSSR count). The first-order valence-electron chi connectivity index (χ1n) is 14.5. The molecule has 0 saturated carbocycles. The van der Waals surface area contributed by atoms with Crippen molar-refractivity contribution in [2.24, 2.45) is 5.92 Å². The van der Waals surface area contributed by atoms with Gasteiger partial charge in [-0.15, -0.1) is 0 Å². The third kappa shape index (κ3) is 10.1. The number of nitrogens with one attached hydrogen (secondary N) is 1. The van der Waals surface area contributed by atoms with Crippen LogP contribution in [0.15, 0.2) is 121 Å². The van der Waals surface area contributed by atoms with Crippen LogP contribution in [-0.2, 0) is 0 Å². The number of rotatable bonds is 5. The van der Waals surface area contributed by atoms with Gasteiger partial charge in [-0.1, -0.05) is 139 Å². The number of dihydropyridines is 1. The molecule has 0 aliphatic carbocycles. The maximum absolute atomic E-state index is 3.31. The normalized spacial score (nSPS) is 13.6. The Morgan fingerprint density at radius 2 is 1.33 bits per heavy atom. The Balaban J connectivity index is 0.000000280. The molecule has 0 aromatic heterocycles. The van der Waals surface area contributed by atoms with Crippen LogP contribution in [0.4, 0.5) is 0 Å². The van der Waals surface area contributed by atoms with Crippen LogP contribution in [-0.4, -0.2) is 25.0 Å². The molecule has 0 fully saturated rings. The Labute approximate surface area is 238 Å². The second-order valence-corrected chi connectivity index (χ2v) is 9.49. The molecule has 3 aromatic rings. The monoisotopic (exact) mass is 520 g/mol. The van der Waals surface area contributed by atoms with Gasteiger partial charge in [-0.2, -0.15) is 0 Å². The molecule has 2 heteroatoms. The van der Waals surface area contributed by atoms with E-state index in [1.54, 1.807) is 0 Å². The van der Waals surface area contributed by atoms with Crippen molar-refractivity contribution in [1.82, 2.24) is 10.2 Å². The molecule has 0 radical (unpaired) electrons. The lowest BCUT2D eigenvalue weighted by Gasteiger charge is -2.27. The Morgan fingerprint density at radius 1 is 0.744 bits per heavy atom. The number of benzene rings is 3. The van der Waals surface area contributed by atoms with E-state index in [0.717, 1.165) is 19.5 Å². The quantitative estimate of drug-likeness (QED) is 0.360. The van der Waals surface area contributed by atoms with E-state index in [1.807, 2.05) is 33.8 Å². The van der Waals surface area contributed by atoms with Gasteiger partial charge in [0.25, 0.3) is 0 Å². The van der Waals surface area contributed by atoms with Gasteiger partial charge in [-0.3, -0.25) is 0 Å². The minimum Gasteiger partial charge on any atom is -0.381 e. The van der Waals surface area contributed by atoms with Gasteiger partial charge in [-0.25, -0.2) is 0 Å². The molecule has 0 bridgehead atoms. The van der Waals surface area contributed by atoms with Crippen LogP contribution < -0.4 is 5.32 Å². The van der Waals surface area contributed by atoms with Gasteiger partial charge in [-0.05, 0) is 58.4 Å². The van der Waals surface area contributed by atoms with E-state index in [9.17, 15) is 0 Å². The van der Waals surface area contributed by atoms with Gasteiger partial charge in [0.1, 0.15) is 0 Å². The molecule has 3 aromatic carbocycles. The third-order valence-corrected chi connectivity index (χ3v) is 6.16. The van der Waals surface area contributed by atoms with Crippen molar-refractivity contribution in [3.63, 3.8) is 0 Å². The summed E-state index contributed by atoms with van der Waals surface area (Å²) >= 11 is 0. The number of allylic oxidation sites excluding steroid dienone is 4. The number of nitrogens with zero attached hydrogens (tertiary/aromatic N) is 1. The minimum atomic E-state index is 0.692. The summed E-state index contributed by atoms with van der Waals surface area (Å²) in [7, 11) is 2.17. The molecule has 0 atom stereocenters. The predicted molar refractivity (Wildman–Crippen MR) is 174 cm³/mol. The average Bonchev–Trinajstić information content (AvgIpc) is 3.02. The first-order valence-corrected chi connectivity index (χ1v) is 14.5. The smallest absolute Gasteiger partial charge is 0.0442 e. The zero-order valence-electron chi connectivity index (χ0n) is 25.1. The van der Waals surface area contributed by atoms with Crippen LogP contribution in [0.3, 0.4) is 0 Å². The molecular weight excluding hydrogens is 472 g/mol. The van der Waals surface area contributed by atoms with Gasteiger partial charge < -0.3 is 10.2 Å². The molecule has 0 saturated heterocycles. The summed E-state index contributed by atoms with van der Waals surface area (Å²) in [5.74, 6) is 0.692. The number of hydrogen-bond acceptors (Lipinski definition) is 2. The van der Waals surface area contributed by atoms with Gasteiger partial charge in [0, 0.05) is 31.5 Å². The fourth-order valence-electron chi connectivity index (χ4n) is 4.38. The largest absolute Gasteiger partial charge is 0.381 e. The molecule has 2 nitrogen and oxygen atoms in total. The van der Waals surface area contributed by atoms with Crippen LogP contribution in [0.5, 0.6) is 0 Å². The van der Waals surface area contributed by atoms with Gasteiger partial charge in [0.2, 0.25) is 0 Å². The molecule has 206 valence electrons. The van der Waals surface area contributed by atoms with Crippen molar-refractivity contribution in [2.45, 2.75) is 48.0 Å². The molecule has 2 heterocycles. The van der Waals surface area contributed by atoms with Crippen LogP contribution in [0.2, 0.25) is 0 Å². The van der Waals surface area contributed by atoms with Crippen molar-refractivity contribution in [3.8, 4) is 11.1 Å². The Hall–Kier alpha value is -3.78. The Morgan fingerprint density at radius 3 is 1.92 bits per heavy atom. The summed E-state index contributed by atoms with van der Waals surface area (Å²) in [4.78, 5) is 2.33. The molecule has 0 unspecified atom stereocenters. The van der Waals surface area contributed by atoms with E-state index in [1.165, 1.54) is 39.2 Å². The molecular formula is C37H48N2. The second kappa shape index (κ2) is 17.7. The van der Waals surface area contributed by atoms with Crippen molar-refractivity contribution in [2.75, 3.05) is 20.1 Å². The summed E-state index contributed by atoms with van der Waals surface area (Å²) in [6.07, 6.45) is 12.1. The average molecular weight is 521 g/mol. The fraction of sp³-hybridized carbons (Fsp3) is 0.297. The topological polar surface area (TPSA) is 15.3 Å². The summed E-state index contributed by atoms with van der Waals surface area (Å²) in [6, 6.07) is 29.8. The lowest BCUT2D eigenvalue weighted by molar-refractivity contribution is 0.523. The highest BCUT2D eigenvalue weighted by Gasteiger charge is 2.14. The fourth-order valence-corrected chi connectivity index (χ4v) is 4.38. The lowest BCUT2D eigenvalue weighted by atomic mass is 9.96. The van der Waals surface area contributed by atoms with E-state index >= 15 is 0 Å². The van der Waals surface area contributed by atoms with Crippen LogP contribution in [0.25, 0.3) is 22.5 Å². The van der Waals surface area contributed by atoms with Crippen LogP contribution in [0.1, 0.15) is 59.1 Å². The Kier molecular flexibility index (Phi) is 14.2. The van der Waals surface area contributed by atoms with Gasteiger partial charge in [0.05, 0.1) is 0 Å². The van der Waals surface area contributed by atoms with Crippen LogP contribution in [0, 0.1) is 5.92 Å². The van der Waals surface area contributed by atoms with Gasteiger partial charge >= 0.3 is 0 Å². The van der Waals surface area contributed by atoms with E-state index < -0.39 is 0 Å². The molecule has 2 aliphatic heterocycles. The highest BCUT2D eigenvalue weighted by molar-refractivity contribution is 5.74. The minimum absolute atomic E-state index is 0.692. The van der Waals surface area contributed by atoms with Crippen molar-refractivity contribution >= 4 is 11.4 Å². The third-order valence-electron chi connectivity index (χ3n) is 6.16. The second-order valence-electron chi connectivity index (χ2n) is 9.49. The Bertz CT molecular complexity index is 1210. The molecule has 1 N–H and O–H groups in total. The zero-order chi connectivity index (χ0) is 28.5. The molecule has 2 aliphatic rings. The lowest BCUT2D eigenvalue weighted by Crippen LogP contribution is -2.20. The summed E-state index contributed by atoms with van der Waals surface area (Å²) < 4.78 is 0. The molecule has 0 amide bonds. The summed E-state index contributed by atoms with van der Waals surface area (Å²) in [5, 5.41) is 3.31.